The van der Waals surface area contributed by atoms with E-state index in [1.54, 1.807) is 17.5 Å². The lowest BCUT2D eigenvalue weighted by atomic mass is 10.1. The maximum absolute atomic E-state index is 12.9. The van der Waals surface area contributed by atoms with Crippen LogP contribution in [0.3, 0.4) is 0 Å². The molecule has 1 unspecified atom stereocenters. The lowest BCUT2D eigenvalue weighted by Gasteiger charge is -2.20. The molecule has 0 spiro atoms. The van der Waals surface area contributed by atoms with Gasteiger partial charge in [0.15, 0.2) is 5.13 Å². The molecule has 3 fully saturated rings. The Morgan fingerprint density at radius 3 is 2.63 bits per heavy atom. The number of anilines is 1. The number of carbonyl (C=O) groups excluding carboxylic acids is 1. The summed E-state index contributed by atoms with van der Waals surface area (Å²) in [6.07, 6.45) is 2.81. The van der Waals surface area contributed by atoms with Gasteiger partial charge in [0, 0.05) is 37.1 Å². The topological polar surface area (TPSA) is 58.1 Å². The van der Waals surface area contributed by atoms with E-state index in [1.807, 2.05) is 24.3 Å². The molecule has 3 heterocycles. The van der Waals surface area contributed by atoms with Gasteiger partial charge < -0.3 is 10.2 Å². The molecule has 2 aliphatic carbocycles. The molecule has 2 saturated carbocycles. The van der Waals surface area contributed by atoms with Crippen molar-refractivity contribution in [3.05, 3.63) is 65.7 Å². The number of pyridine rings is 1. The Labute approximate surface area is 180 Å². The van der Waals surface area contributed by atoms with E-state index in [2.05, 4.69) is 49.8 Å². The minimum Gasteiger partial charge on any atom is -0.361 e. The number of hydrogen-bond donors (Lipinski definition) is 1. The van der Waals surface area contributed by atoms with Crippen molar-refractivity contribution in [3.8, 4) is 11.4 Å². The van der Waals surface area contributed by atoms with E-state index in [4.69, 9.17) is 0 Å². The zero-order valence-electron chi connectivity index (χ0n) is 16.6. The number of likely N-dealkylation sites (tertiary alicyclic amines) is 1. The van der Waals surface area contributed by atoms with Crippen molar-refractivity contribution >= 4 is 22.4 Å². The molecule has 2 aromatic heterocycles. The van der Waals surface area contributed by atoms with E-state index in [9.17, 15) is 4.79 Å². The number of amides is 1. The minimum absolute atomic E-state index is 0.210. The normalized spacial score (nSPS) is 28.8. The van der Waals surface area contributed by atoms with Crippen LogP contribution in [0, 0.1) is 23.7 Å². The van der Waals surface area contributed by atoms with Gasteiger partial charge in [0.1, 0.15) is 5.69 Å². The van der Waals surface area contributed by atoms with Crippen molar-refractivity contribution in [2.75, 3.05) is 25.0 Å². The van der Waals surface area contributed by atoms with E-state index in [0.29, 0.717) is 29.6 Å². The number of benzene rings is 1. The van der Waals surface area contributed by atoms with Crippen LogP contribution < -0.4 is 5.32 Å². The summed E-state index contributed by atoms with van der Waals surface area (Å²) in [5.41, 5.74) is 3.15. The Kier molecular flexibility index (Phi) is 4.34. The highest BCUT2D eigenvalue weighted by atomic mass is 32.1. The Morgan fingerprint density at radius 2 is 1.87 bits per heavy atom. The number of fused-ring (bicyclic) bond motifs is 1. The summed E-state index contributed by atoms with van der Waals surface area (Å²) in [4.78, 5) is 24.0. The van der Waals surface area contributed by atoms with Gasteiger partial charge in [0.25, 0.3) is 0 Å². The maximum atomic E-state index is 12.9. The molecular weight excluding hydrogens is 392 g/mol. The molecule has 3 aliphatic rings. The first-order chi connectivity index (χ1) is 14.8. The average Bonchev–Trinajstić information content (AvgIpc) is 3.60. The second-order valence-corrected chi connectivity index (χ2v) is 9.59. The lowest BCUT2D eigenvalue weighted by molar-refractivity contribution is -0.132. The van der Waals surface area contributed by atoms with Crippen molar-refractivity contribution in [2.24, 2.45) is 23.7 Å². The van der Waals surface area contributed by atoms with Crippen molar-refractivity contribution in [1.82, 2.24) is 14.9 Å². The fourth-order valence-corrected chi connectivity index (χ4v) is 5.81. The monoisotopic (exact) mass is 416 g/mol. The smallest absolute Gasteiger partial charge is 0.226 e. The Morgan fingerprint density at radius 1 is 1.07 bits per heavy atom. The van der Waals surface area contributed by atoms with Crippen molar-refractivity contribution in [3.63, 3.8) is 0 Å². The molecule has 1 aromatic carbocycles. The van der Waals surface area contributed by atoms with Gasteiger partial charge >= 0.3 is 0 Å². The molecule has 3 aromatic rings. The molecule has 1 aliphatic heterocycles. The van der Waals surface area contributed by atoms with Crippen molar-refractivity contribution in [2.45, 2.75) is 12.3 Å². The summed E-state index contributed by atoms with van der Waals surface area (Å²) in [6, 6.07) is 16.4. The zero-order valence-corrected chi connectivity index (χ0v) is 17.5. The average molecular weight is 417 g/mol. The third kappa shape index (κ3) is 3.29. The number of nitrogens with one attached hydrogen (secondary N) is 1. The largest absolute Gasteiger partial charge is 0.361 e. The minimum atomic E-state index is 0.210. The van der Waals surface area contributed by atoms with Crippen LogP contribution in [0.4, 0.5) is 5.13 Å². The highest BCUT2D eigenvalue weighted by Gasteiger charge is 2.58. The van der Waals surface area contributed by atoms with Crippen LogP contribution >= 0.6 is 11.3 Å². The number of nitrogens with zero attached hydrogens (tertiary/aromatic N) is 3. The van der Waals surface area contributed by atoms with Crippen LogP contribution in [-0.4, -0.2) is 40.4 Å². The van der Waals surface area contributed by atoms with Gasteiger partial charge in [-0.05, 0) is 47.8 Å². The van der Waals surface area contributed by atoms with Gasteiger partial charge in [-0.2, -0.15) is 0 Å². The summed E-state index contributed by atoms with van der Waals surface area (Å²) in [5.74, 6) is 3.01. The summed E-state index contributed by atoms with van der Waals surface area (Å²) < 4.78 is 0. The van der Waals surface area contributed by atoms with E-state index >= 15 is 0 Å². The number of thiazole rings is 1. The maximum Gasteiger partial charge on any atom is 0.226 e. The van der Waals surface area contributed by atoms with Crippen LogP contribution in [0.2, 0.25) is 0 Å². The van der Waals surface area contributed by atoms with E-state index in [-0.39, 0.29) is 5.92 Å². The zero-order chi connectivity index (χ0) is 20.1. The van der Waals surface area contributed by atoms with Crippen LogP contribution in [-0.2, 0) is 4.79 Å². The molecule has 30 heavy (non-hydrogen) atoms. The van der Waals surface area contributed by atoms with Gasteiger partial charge in [0.05, 0.1) is 5.69 Å². The van der Waals surface area contributed by atoms with Gasteiger partial charge in [-0.15, -0.1) is 11.3 Å². The lowest BCUT2D eigenvalue weighted by Crippen LogP contribution is -2.33. The molecule has 1 N–H and O–H groups in total. The fraction of sp³-hybridized carbons (Fsp3) is 0.375. The molecule has 5 nitrogen and oxygen atoms in total. The molecule has 0 radical (unpaired) electrons. The van der Waals surface area contributed by atoms with Gasteiger partial charge in [0.2, 0.25) is 5.91 Å². The summed E-state index contributed by atoms with van der Waals surface area (Å²) in [5, 5.41) is 6.52. The standard InChI is InChI=1S/C24H24N4OS/c29-23(17-10-16(17)15-6-2-1-3-7-15)28-12-19-18(20(19)13-28)11-26-24-27-22(14-30-24)21-8-4-5-9-25-21/h1-9,14,16-20H,10-13H2,(H,26,27)/t16-,17+,18?,19-,20+/m1/s1. The SMILES string of the molecule is O=C([C@H]1C[C@@H]1c1ccccc1)N1C[C@@H]2C(CNc3nc(-c4ccccn4)cs3)[C@@H]2C1. The number of carbonyl (C=O) groups is 1. The third-order valence-electron chi connectivity index (χ3n) is 6.94. The van der Waals surface area contributed by atoms with E-state index < -0.39 is 0 Å². The first-order valence-corrected chi connectivity index (χ1v) is 11.6. The predicted molar refractivity (Wildman–Crippen MR) is 118 cm³/mol. The Bertz CT molecular complexity index is 1040. The van der Waals surface area contributed by atoms with Gasteiger partial charge in [-0.1, -0.05) is 36.4 Å². The predicted octanol–water partition coefficient (Wildman–Crippen LogP) is 4.13. The number of piperidine rings is 1. The molecule has 1 amide bonds. The summed E-state index contributed by atoms with van der Waals surface area (Å²) in [6.45, 7) is 2.82. The summed E-state index contributed by atoms with van der Waals surface area (Å²) in [7, 11) is 0. The van der Waals surface area contributed by atoms with Gasteiger partial charge in [-0.3, -0.25) is 9.78 Å². The molecule has 1 saturated heterocycles. The number of hydrogen-bond acceptors (Lipinski definition) is 5. The van der Waals surface area contributed by atoms with Crippen LogP contribution in [0.1, 0.15) is 17.9 Å². The highest BCUT2D eigenvalue weighted by molar-refractivity contribution is 7.14. The van der Waals surface area contributed by atoms with E-state index in [0.717, 1.165) is 42.6 Å². The molecule has 6 heteroatoms. The van der Waals surface area contributed by atoms with Crippen molar-refractivity contribution < 1.29 is 4.79 Å². The summed E-state index contributed by atoms with van der Waals surface area (Å²) >= 11 is 1.63. The van der Waals surface area contributed by atoms with Crippen LogP contribution in [0.25, 0.3) is 11.4 Å². The molecular formula is C24H24N4OS. The Balaban J connectivity index is 0.989. The van der Waals surface area contributed by atoms with E-state index in [1.165, 1.54) is 5.56 Å². The van der Waals surface area contributed by atoms with Crippen LogP contribution in [0.5, 0.6) is 0 Å². The fourth-order valence-electron chi connectivity index (χ4n) is 5.10. The quantitative estimate of drug-likeness (QED) is 0.657. The molecule has 152 valence electrons. The second-order valence-electron chi connectivity index (χ2n) is 8.73. The second kappa shape index (κ2) is 7.20. The molecule has 6 rings (SSSR count). The van der Waals surface area contributed by atoms with Crippen molar-refractivity contribution in [1.29, 1.82) is 0 Å². The Hall–Kier alpha value is -2.73. The molecule has 5 atom stereocenters. The number of rotatable bonds is 6. The third-order valence-corrected chi connectivity index (χ3v) is 7.74. The first-order valence-electron chi connectivity index (χ1n) is 10.7. The van der Waals surface area contributed by atoms with Crippen LogP contribution in [0.15, 0.2) is 60.1 Å². The molecule has 0 bridgehead atoms. The number of aromatic nitrogens is 2. The first kappa shape index (κ1) is 18.1. The highest BCUT2D eigenvalue weighted by Crippen LogP contribution is 2.54. The van der Waals surface area contributed by atoms with Gasteiger partial charge in [-0.25, -0.2) is 4.98 Å².